The number of aromatic nitrogens is 1. The quantitative estimate of drug-likeness (QED) is 0.820. The molecule has 0 amide bonds. The van der Waals surface area contributed by atoms with Crippen molar-refractivity contribution in [2.45, 2.75) is 32.7 Å². The summed E-state index contributed by atoms with van der Waals surface area (Å²) in [5.74, 6) is 0.673. The average Bonchev–Trinajstić information content (AvgIpc) is 2.97. The van der Waals surface area contributed by atoms with Crippen LogP contribution < -0.4 is 10.6 Å². The molecule has 0 radical (unpaired) electrons. The standard InChI is InChI=1S/C12H19N3/c1-9(2)8-15(11-3-4-11)12-5-10(13)6-14-7-12/h5-7,9,11H,3-4,8,13H2,1-2H3. The minimum atomic E-state index is 0.673. The molecule has 1 saturated carbocycles. The molecule has 0 unspecified atom stereocenters. The van der Waals surface area contributed by atoms with E-state index in [4.69, 9.17) is 5.73 Å². The highest BCUT2D eigenvalue weighted by Gasteiger charge is 2.29. The van der Waals surface area contributed by atoms with Crippen LogP contribution in [0.4, 0.5) is 11.4 Å². The molecule has 1 heterocycles. The third kappa shape index (κ3) is 2.61. The number of nitrogens with zero attached hydrogens (tertiary/aromatic N) is 2. The van der Waals surface area contributed by atoms with E-state index in [-0.39, 0.29) is 0 Å². The van der Waals surface area contributed by atoms with Crippen LogP contribution in [0.1, 0.15) is 26.7 Å². The maximum atomic E-state index is 5.76. The first-order valence-electron chi connectivity index (χ1n) is 5.64. The van der Waals surface area contributed by atoms with Gasteiger partial charge in [0.15, 0.2) is 0 Å². The molecule has 1 aliphatic rings. The highest BCUT2D eigenvalue weighted by Crippen LogP contribution is 2.32. The van der Waals surface area contributed by atoms with Gasteiger partial charge in [0.1, 0.15) is 0 Å². The smallest absolute Gasteiger partial charge is 0.0576 e. The topological polar surface area (TPSA) is 42.2 Å². The Bertz CT molecular complexity index is 331. The summed E-state index contributed by atoms with van der Waals surface area (Å²) in [5.41, 5.74) is 7.68. The summed E-state index contributed by atoms with van der Waals surface area (Å²) in [4.78, 5) is 6.59. The second-order valence-electron chi connectivity index (χ2n) is 4.75. The van der Waals surface area contributed by atoms with Crippen LogP contribution in [0.15, 0.2) is 18.5 Å². The summed E-state index contributed by atoms with van der Waals surface area (Å²) in [7, 11) is 0. The molecule has 0 atom stereocenters. The predicted molar refractivity (Wildman–Crippen MR) is 63.9 cm³/mol. The van der Waals surface area contributed by atoms with Gasteiger partial charge in [-0.1, -0.05) is 13.8 Å². The second kappa shape index (κ2) is 4.09. The summed E-state index contributed by atoms with van der Waals surface area (Å²) < 4.78 is 0. The molecule has 3 nitrogen and oxygen atoms in total. The Hall–Kier alpha value is -1.25. The lowest BCUT2D eigenvalue weighted by Crippen LogP contribution is -2.29. The van der Waals surface area contributed by atoms with Crippen LogP contribution >= 0.6 is 0 Å². The highest BCUT2D eigenvalue weighted by molar-refractivity contribution is 5.54. The van der Waals surface area contributed by atoms with E-state index < -0.39 is 0 Å². The van der Waals surface area contributed by atoms with E-state index in [0.29, 0.717) is 5.92 Å². The molecular formula is C12H19N3. The van der Waals surface area contributed by atoms with Crippen LogP contribution in [0.25, 0.3) is 0 Å². The van der Waals surface area contributed by atoms with Gasteiger partial charge >= 0.3 is 0 Å². The first kappa shape index (κ1) is 10.3. The minimum absolute atomic E-state index is 0.673. The summed E-state index contributed by atoms with van der Waals surface area (Å²) in [5, 5.41) is 0. The van der Waals surface area contributed by atoms with Crippen molar-refractivity contribution >= 4 is 11.4 Å². The van der Waals surface area contributed by atoms with Crippen molar-refractivity contribution in [2.24, 2.45) is 5.92 Å². The van der Waals surface area contributed by atoms with Crippen LogP contribution in [0.2, 0.25) is 0 Å². The van der Waals surface area contributed by atoms with Gasteiger partial charge < -0.3 is 10.6 Å². The number of anilines is 2. The Balaban J connectivity index is 2.16. The molecule has 0 bridgehead atoms. The maximum absolute atomic E-state index is 5.76. The number of pyridine rings is 1. The Morgan fingerprint density at radius 2 is 2.20 bits per heavy atom. The van der Waals surface area contributed by atoms with Gasteiger partial charge in [-0.3, -0.25) is 4.98 Å². The first-order valence-corrected chi connectivity index (χ1v) is 5.64. The molecule has 3 heteroatoms. The van der Waals surface area contributed by atoms with Gasteiger partial charge in [-0.05, 0) is 24.8 Å². The summed E-state index contributed by atoms with van der Waals surface area (Å²) in [6.45, 7) is 5.58. The van der Waals surface area contributed by atoms with Crippen LogP contribution in [0, 0.1) is 5.92 Å². The number of hydrogen-bond acceptors (Lipinski definition) is 3. The molecule has 0 saturated heterocycles. The van der Waals surface area contributed by atoms with E-state index in [1.54, 1.807) is 6.20 Å². The molecule has 82 valence electrons. The zero-order valence-electron chi connectivity index (χ0n) is 9.48. The molecular weight excluding hydrogens is 186 g/mol. The van der Waals surface area contributed by atoms with E-state index in [0.717, 1.165) is 18.3 Å². The Kier molecular flexibility index (Phi) is 2.80. The summed E-state index contributed by atoms with van der Waals surface area (Å²) in [6.07, 6.45) is 6.23. The van der Waals surface area contributed by atoms with Crippen molar-refractivity contribution in [1.82, 2.24) is 4.98 Å². The fourth-order valence-electron chi connectivity index (χ4n) is 1.85. The normalized spacial score (nSPS) is 15.7. The molecule has 0 spiro atoms. The van der Waals surface area contributed by atoms with Crippen LogP contribution in [-0.4, -0.2) is 17.6 Å². The van der Waals surface area contributed by atoms with Gasteiger partial charge in [0.05, 0.1) is 17.6 Å². The molecule has 2 rings (SSSR count). The van der Waals surface area contributed by atoms with Crippen molar-refractivity contribution in [3.8, 4) is 0 Å². The van der Waals surface area contributed by atoms with Crippen molar-refractivity contribution in [2.75, 3.05) is 17.2 Å². The van der Waals surface area contributed by atoms with Gasteiger partial charge in [0.25, 0.3) is 0 Å². The van der Waals surface area contributed by atoms with E-state index in [9.17, 15) is 0 Å². The van der Waals surface area contributed by atoms with Gasteiger partial charge in [-0.15, -0.1) is 0 Å². The van der Waals surface area contributed by atoms with Crippen molar-refractivity contribution in [3.63, 3.8) is 0 Å². The lowest BCUT2D eigenvalue weighted by Gasteiger charge is -2.26. The molecule has 1 aromatic rings. The fourth-order valence-corrected chi connectivity index (χ4v) is 1.85. The molecule has 15 heavy (non-hydrogen) atoms. The van der Waals surface area contributed by atoms with E-state index >= 15 is 0 Å². The van der Waals surface area contributed by atoms with Gasteiger partial charge in [0, 0.05) is 18.8 Å². The molecule has 1 aliphatic carbocycles. The van der Waals surface area contributed by atoms with E-state index in [2.05, 4.69) is 23.7 Å². The van der Waals surface area contributed by atoms with Gasteiger partial charge in [0.2, 0.25) is 0 Å². The lowest BCUT2D eigenvalue weighted by atomic mass is 10.2. The third-order valence-electron chi connectivity index (χ3n) is 2.63. The number of hydrogen-bond donors (Lipinski definition) is 1. The molecule has 2 N–H and O–H groups in total. The zero-order valence-corrected chi connectivity index (χ0v) is 9.48. The number of rotatable bonds is 4. The Morgan fingerprint density at radius 3 is 2.73 bits per heavy atom. The van der Waals surface area contributed by atoms with Crippen LogP contribution in [0.3, 0.4) is 0 Å². The van der Waals surface area contributed by atoms with Crippen LogP contribution in [0.5, 0.6) is 0 Å². The lowest BCUT2D eigenvalue weighted by molar-refractivity contribution is 0.607. The zero-order chi connectivity index (χ0) is 10.8. The predicted octanol–water partition coefficient (Wildman–Crippen LogP) is 2.29. The van der Waals surface area contributed by atoms with Gasteiger partial charge in [-0.2, -0.15) is 0 Å². The molecule has 0 aliphatic heterocycles. The van der Waals surface area contributed by atoms with E-state index in [1.807, 2.05) is 12.3 Å². The second-order valence-corrected chi connectivity index (χ2v) is 4.75. The van der Waals surface area contributed by atoms with E-state index in [1.165, 1.54) is 18.5 Å². The summed E-state index contributed by atoms with van der Waals surface area (Å²) in [6, 6.07) is 2.74. The molecule has 1 aromatic heterocycles. The van der Waals surface area contributed by atoms with Gasteiger partial charge in [-0.25, -0.2) is 0 Å². The monoisotopic (exact) mass is 205 g/mol. The number of nitrogens with two attached hydrogens (primary N) is 1. The largest absolute Gasteiger partial charge is 0.397 e. The molecule has 1 fully saturated rings. The third-order valence-corrected chi connectivity index (χ3v) is 2.63. The van der Waals surface area contributed by atoms with Crippen molar-refractivity contribution in [3.05, 3.63) is 18.5 Å². The van der Waals surface area contributed by atoms with Crippen molar-refractivity contribution in [1.29, 1.82) is 0 Å². The van der Waals surface area contributed by atoms with Crippen molar-refractivity contribution < 1.29 is 0 Å². The minimum Gasteiger partial charge on any atom is -0.397 e. The average molecular weight is 205 g/mol. The summed E-state index contributed by atoms with van der Waals surface area (Å²) >= 11 is 0. The maximum Gasteiger partial charge on any atom is 0.0576 e. The Morgan fingerprint density at radius 1 is 1.47 bits per heavy atom. The van der Waals surface area contributed by atoms with Crippen LogP contribution in [-0.2, 0) is 0 Å². The fraction of sp³-hybridized carbons (Fsp3) is 0.583. The highest BCUT2D eigenvalue weighted by atomic mass is 15.2. The first-order chi connectivity index (χ1) is 7.16. The Labute approximate surface area is 91.3 Å². The molecule has 0 aromatic carbocycles. The number of nitrogen functional groups attached to an aromatic ring is 1. The SMILES string of the molecule is CC(C)CN(c1cncc(N)c1)C1CC1.